The zero-order valence-electron chi connectivity index (χ0n) is 14.7. The van der Waals surface area contributed by atoms with Crippen LogP contribution in [0.2, 0.25) is 0 Å². The van der Waals surface area contributed by atoms with Crippen LogP contribution in [-0.4, -0.2) is 66.7 Å². The standard InChI is InChI=1S/C18H22N4O3S/c1-20-9-11-21(12-10-20)19-16(23)7-8-22-17(24)15(26-18(22)25)13-14-5-3-2-4-6-14/h2-6,13H,7-12H2,1H3,(H,19,23)/p+1. The van der Waals surface area contributed by atoms with E-state index in [1.807, 2.05) is 35.3 Å². The normalized spacial score (nSPS) is 20.8. The number of rotatable bonds is 5. The van der Waals surface area contributed by atoms with Crippen molar-refractivity contribution in [1.82, 2.24) is 15.3 Å². The number of hydrazine groups is 1. The maximum atomic E-state index is 12.4. The molecule has 0 saturated carbocycles. The van der Waals surface area contributed by atoms with Gasteiger partial charge in [0, 0.05) is 13.0 Å². The lowest BCUT2D eigenvalue weighted by atomic mass is 10.2. The number of benzene rings is 1. The van der Waals surface area contributed by atoms with Crippen LogP contribution in [0.15, 0.2) is 35.2 Å². The van der Waals surface area contributed by atoms with Gasteiger partial charge in [-0.15, -0.1) is 0 Å². The van der Waals surface area contributed by atoms with Gasteiger partial charge < -0.3 is 4.90 Å². The molecule has 8 heteroatoms. The average molecular weight is 375 g/mol. The van der Waals surface area contributed by atoms with Crippen LogP contribution in [0.1, 0.15) is 12.0 Å². The highest BCUT2D eigenvalue weighted by atomic mass is 32.2. The Bertz CT molecular complexity index is 714. The predicted octanol–water partition coefficient (Wildman–Crippen LogP) is -0.0255. The lowest BCUT2D eigenvalue weighted by Crippen LogP contribution is -3.12. The molecule has 2 aliphatic rings. The molecule has 0 aliphatic carbocycles. The molecule has 2 fully saturated rings. The summed E-state index contributed by atoms with van der Waals surface area (Å²) in [7, 11) is 2.13. The predicted molar refractivity (Wildman–Crippen MR) is 100 cm³/mol. The summed E-state index contributed by atoms with van der Waals surface area (Å²) >= 11 is 0.918. The highest BCUT2D eigenvalue weighted by Crippen LogP contribution is 2.32. The van der Waals surface area contributed by atoms with Gasteiger partial charge in [-0.2, -0.15) is 0 Å². The van der Waals surface area contributed by atoms with Gasteiger partial charge in [0.1, 0.15) is 0 Å². The van der Waals surface area contributed by atoms with Crippen molar-refractivity contribution in [1.29, 1.82) is 0 Å². The first kappa shape index (κ1) is 18.6. The molecule has 2 heterocycles. The number of likely N-dealkylation sites (N-methyl/N-ethyl adjacent to an activating group) is 1. The van der Waals surface area contributed by atoms with Gasteiger partial charge in [-0.1, -0.05) is 30.3 Å². The lowest BCUT2D eigenvalue weighted by molar-refractivity contribution is -0.884. The van der Waals surface area contributed by atoms with E-state index in [1.54, 1.807) is 6.08 Å². The van der Waals surface area contributed by atoms with Crippen molar-refractivity contribution in [3.63, 3.8) is 0 Å². The van der Waals surface area contributed by atoms with Crippen LogP contribution >= 0.6 is 11.8 Å². The summed E-state index contributed by atoms with van der Waals surface area (Å²) < 4.78 is 0. The fourth-order valence-corrected chi connectivity index (χ4v) is 3.70. The number of amides is 3. The van der Waals surface area contributed by atoms with E-state index in [0.29, 0.717) is 4.91 Å². The SMILES string of the molecule is C[NH+]1CCN(NC(=O)CCN2C(=O)SC(=Cc3ccccc3)C2=O)CC1. The van der Waals surface area contributed by atoms with Crippen molar-refractivity contribution < 1.29 is 19.3 Å². The Morgan fingerprint density at radius 3 is 2.62 bits per heavy atom. The molecule has 0 spiro atoms. The van der Waals surface area contributed by atoms with Crippen LogP contribution in [0.25, 0.3) is 6.08 Å². The highest BCUT2D eigenvalue weighted by molar-refractivity contribution is 8.18. The van der Waals surface area contributed by atoms with Gasteiger partial charge in [0.05, 0.1) is 38.1 Å². The molecule has 0 atom stereocenters. The Labute approximate surface area is 157 Å². The summed E-state index contributed by atoms with van der Waals surface area (Å²) in [6, 6.07) is 9.39. The minimum Gasteiger partial charge on any atom is -0.335 e. The van der Waals surface area contributed by atoms with E-state index in [0.717, 1.165) is 48.4 Å². The van der Waals surface area contributed by atoms with Crippen molar-refractivity contribution in [2.45, 2.75) is 6.42 Å². The van der Waals surface area contributed by atoms with Crippen LogP contribution in [-0.2, 0) is 9.59 Å². The van der Waals surface area contributed by atoms with E-state index in [9.17, 15) is 14.4 Å². The quantitative estimate of drug-likeness (QED) is 0.708. The number of piperazine rings is 1. The van der Waals surface area contributed by atoms with Crippen molar-refractivity contribution in [2.24, 2.45) is 0 Å². The van der Waals surface area contributed by atoms with Gasteiger partial charge in [0.2, 0.25) is 5.91 Å². The molecule has 0 aromatic heterocycles. The largest absolute Gasteiger partial charge is 0.335 e. The van der Waals surface area contributed by atoms with Gasteiger partial charge >= 0.3 is 0 Å². The second-order valence-corrected chi connectivity index (χ2v) is 7.47. The Balaban J connectivity index is 1.52. The topological polar surface area (TPSA) is 74.2 Å². The van der Waals surface area contributed by atoms with Crippen LogP contribution < -0.4 is 10.3 Å². The maximum Gasteiger partial charge on any atom is 0.293 e. The smallest absolute Gasteiger partial charge is 0.293 e. The summed E-state index contributed by atoms with van der Waals surface area (Å²) in [6.07, 6.45) is 1.81. The Morgan fingerprint density at radius 2 is 1.92 bits per heavy atom. The first-order valence-electron chi connectivity index (χ1n) is 8.69. The summed E-state index contributed by atoms with van der Waals surface area (Å²) in [5, 5.41) is 1.58. The van der Waals surface area contributed by atoms with Gasteiger partial charge in [-0.3, -0.25) is 24.7 Å². The molecule has 1 aromatic carbocycles. The van der Waals surface area contributed by atoms with Crippen LogP contribution in [0.5, 0.6) is 0 Å². The van der Waals surface area contributed by atoms with Crippen molar-refractivity contribution >= 4 is 34.9 Å². The van der Waals surface area contributed by atoms with Gasteiger partial charge in [-0.25, -0.2) is 5.01 Å². The van der Waals surface area contributed by atoms with Gasteiger partial charge in [-0.05, 0) is 23.4 Å². The average Bonchev–Trinajstić information content (AvgIpc) is 2.89. The van der Waals surface area contributed by atoms with E-state index in [4.69, 9.17) is 0 Å². The minimum atomic E-state index is -0.333. The molecule has 0 radical (unpaired) electrons. The molecule has 0 bridgehead atoms. The number of nitrogens with zero attached hydrogens (tertiary/aromatic N) is 2. The fourth-order valence-electron chi connectivity index (χ4n) is 2.84. The fraction of sp³-hybridized carbons (Fsp3) is 0.389. The van der Waals surface area contributed by atoms with E-state index in [2.05, 4.69) is 12.5 Å². The van der Waals surface area contributed by atoms with Crippen LogP contribution in [0, 0.1) is 0 Å². The molecule has 1 aromatic rings. The van der Waals surface area contributed by atoms with Crippen molar-refractivity contribution in [3.8, 4) is 0 Å². The second kappa shape index (κ2) is 8.48. The third-order valence-corrected chi connectivity index (χ3v) is 5.34. The number of imide groups is 1. The summed E-state index contributed by atoms with van der Waals surface area (Å²) in [5.41, 5.74) is 3.72. The molecule has 7 nitrogen and oxygen atoms in total. The molecule has 26 heavy (non-hydrogen) atoms. The van der Waals surface area contributed by atoms with E-state index in [1.165, 1.54) is 4.90 Å². The monoisotopic (exact) mass is 375 g/mol. The number of hydrogen-bond donors (Lipinski definition) is 2. The Morgan fingerprint density at radius 1 is 1.23 bits per heavy atom. The molecule has 138 valence electrons. The number of quaternary nitrogens is 1. The van der Waals surface area contributed by atoms with Crippen LogP contribution in [0.3, 0.4) is 0 Å². The van der Waals surface area contributed by atoms with Gasteiger partial charge in [0.15, 0.2) is 0 Å². The van der Waals surface area contributed by atoms with E-state index in [-0.39, 0.29) is 30.0 Å². The molecule has 2 saturated heterocycles. The molecule has 2 aliphatic heterocycles. The number of thioether (sulfide) groups is 1. The van der Waals surface area contributed by atoms with Crippen molar-refractivity contribution in [3.05, 3.63) is 40.8 Å². The van der Waals surface area contributed by atoms with E-state index < -0.39 is 0 Å². The zero-order chi connectivity index (χ0) is 18.5. The minimum absolute atomic E-state index is 0.0988. The molecule has 2 N–H and O–H groups in total. The second-order valence-electron chi connectivity index (χ2n) is 6.47. The number of hydrogen-bond acceptors (Lipinski definition) is 5. The Kier molecular flexibility index (Phi) is 6.08. The number of carbonyl (C=O) groups excluding carboxylic acids is 3. The maximum absolute atomic E-state index is 12.4. The highest BCUT2D eigenvalue weighted by Gasteiger charge is 2.35. The van der Waals surface area contributed by atoms with E-state index >= 15 is 0 Å². The van der Waals surface area contributed by atoms with Crippen molar-refractivity contribution in [2.75, 3.05) is 39.8 Å². The van der Waals surface area contributed by atoms with Gasteiger partial charge in [0.25, 0.3) is 11.1 Å². The molecule has 3 rings (SSSR count). The first-order chi connectivity index (χ1) is 12.5. The molecular formula is C18H23N4O3S+. The summed E-state index contributed by atoms with van der Waals surface area (Å²) in [5.74, 6) is -0.504. The third-order valence-electron chi connectivity index (χ3n) is 4.43. The Hall–Kier alpha value is -2.16. The lowest BCUT2D eigenvalue weighted by Gasteiger charge is -2.30. The molecular weight excluding hydrogens is 352 g/mol. The number of nitrogens with one attached hydrogen (secondary N) is 2. The number of carbonyl (C=O) groups is 3. The first-order valence-corrected chi connectivity index (χ1v) is 9.51. The molecule has 0 unspecified atom stereocenters. The zero-order valence-corrected chi connectivity index (χ0v) is 15.6. The summed E-state index contributed by atoms with van der Waals surface area (Å²) in [4.78, 5) is 39.6. The third kappa shape index (κ3) is 4.72. The molecule has 3 amide bonds. The van der Waals surface area contributed by atoms with Crippen LogP contribution in [0.4, 0.5) is 4.79 Å². The summed E-state index contributed by atoms with van der Waals surface area (Å²) in [6.45, 7) is 3.67.